The molecule has 0 saturated heterocycles. The third-order valence-corrected chi connectivity index (χ3v) is 3.67. The van der Waals surface area contributed by atoms with Gasteiger partial charge < -0.3 is 15.8 Å². The number of ether oxygens (including phenoxy) is 1. The van der Waals surface area contributed by atoms with Crippen molar-refractivity contribution in [2.45, 2.75) is 38.6 Å². The van der Waals surface area contributed by atoms with E-state index in [1.165, 1.54) is 25.0 Å². The van der Waals surface area contributed by atoms with Crippen molar-refractivity contribution in [3.05, 3.63) is 29.6 Å². The number of nitrogens with one attached hydrogen (secondary N) is 1. The summed E-state index contributed by atoms with van der Waals surface area (Å²) in [5.74, 6) is 0.704. The van der Waals surface area contributed by atoms with Crippen molar-refractivity contribution < 1.29 is 13.9 Å². The first-order valence-electron chi connectivity index (χ1n) is 7.52. The Morgan fingerprint density at radius 2 is 2.29 bits per heavy atom. The van der Waals surface area contributed by atoms with E-state index >= 15 is 0 Å². The van der Waals surface area contributed by atoms with E-state index in [9.17, 15) is 9.18 Å². The maximum absolute atomic E-state index is 13.3. The van der Waals surface area contributed by atoms with E-state index in [4.69, 9.17) is 10.5 Å². The Labute approximate surface area is 124 Å². The summed E-state index contributed by atoms with van der Waals surface area (Å²) in [6.07, 6.45) is 3.72. The van der Waals surface area contributed by atoms with Gasteiger partial charge in [-0.05, 0) is 55.4 Å². The lowest BCUT2D eigenvalue weighted by molar-refractivity contribution is -0.123. The second kappa shape index (κ2) is 7.41. The molecule has 1 saturated carbocycles. The van der Waals surface area contributed by atoms with Crippen molar-refractivity contribution in [1.29, 1.82) is 0 Å². The van der Waals surface area contributed by atoms with Crippen molar-refractivity contribution >= 4 is 5.91 Å². The SMILES string of the molecule is CCC(N)Cc1cc(F)ccc1OCC(=O)NCC1CC1. The Balaban J connectivity index is 1.89. The van der Waals surface area contributed by atoms with Gasteiger partial charge in [-0.25, -0.2) is 4.39 Å². The van der Waals surface area contributed by atoms with E-state index in [2.05, 4.69) is 5.32 Å². The van der Waals surface area contributed by atoms with Crippen LogP contribution in [-0.2, 0) is 11.2 Å². The summed E-state index contributed by atoms with van der Waals surface area (Å²) in [5.41, 5.74) is 6.62. The molecule has 1 atom stereocenters. The molecule has 21 heavy (non-hydrogen) atoms. The average Bonchev–Trinajstić information content (AvgIpc) is 3.28. The summed E-state index contributed by atoms with van der Waals surface area (Å²) in [5, 5.41) is 2.83. The first kappa shape index (κ1) is 15.8. The standard InChI is InChI=1S/C16H23FN2O2/c1-2-14(18)8-12-7-13(17)5-6-15(12)21-10-16(20)19-9-11-3-4-11/h5-7,11,14H,2-4,8-10,18H2,1H3,(H,19,20). The van der Waals surface area contributed by atoms with Crippen molar-refractivity contribution in [2.24, 2.45) is 11.7 Å². The van der Waals surface area contributed by atoms with Crippen molar-refractivity contribution in [1.82, 2.24) is 5.32 Å². The van der Waals surface area contributed by atoms with E-state index in [1.54, 1.807) is 6.07 Å². The number of rotatable bonds is 8. The maximum Gasteiger partial charge on any atom is 0.257 e. The fourth-order valence-electron chi connectivity index (χ4n) is 2.05. The average molecular weight is 294 g/mol. The number of nitrogens with two attached hydrogens (primary N) is 1. The van der Waals surface area contributed by atoms with Crippen LogP contribution in [0.25, 0.3) is 0 Å². The third kappa shape index (κ3) is 5.34. The molecule has 0 radical (unpaired) electrons. The molecule has 5 heteroatoms. The van der Waals surface area contributed by atoms with E-state index < -0.39 is 0 Å². The minimum Gasteiger partial charge on any atom is -0.483 e. The molecule has 3 N–H and O–H groups in total. The van der Waals surface area contributed by atoms with Crippen LogP contribution in [0.2, 0.25) is 0 Å². The van der Waals surface area contributed by atoms with Crippen LogP contribution in [0.3, 0.4) is 0 Å². The van der Waals surface area contributed by atoms with E-state index in [1.807, 2.05) is 6.92 Å². The number of hydrogen-bond donors (Lipinski definition) is 2. The first-order chi connectivity index (χ1) is 10.1. The molecular weight excluding hydrogens is 271 g/mol. The normalized spacial score (nSPS) is 15.6. The molecule has 1 aromatic carbocycles. The number of hydrogen-bond acceptors (Lipinski definition) is 3. The fraction of sp³-hybridized carbons (Fsp3) is 0.562. The van der Waals surface area contributed by atoms with Gasteiger partial charge in [0.05, 0.1) is 0 Å². The number of amides is 1. The van der Waals surface area contributed by atoms with Crippen LogP contribution in [0.4, 0.5) is 4.39 Å². The fourth-order valence-corrected chi connectivity index (χ4v) is 2.05. The largest absolute Gasteiger partial charge is 0.483 e. The molecule has 116 valence electrons. The molecule has 0 aliphatic heterocycles. The Kier molecular flexibility index (Phi) is 5.56. The molecule has 1 unspecified atom stereocenters. The van der Waals surface area contributed by atoms with Crippen LogP contribution in [0.15, 0.2) is 18.2 Å². The summed E-state index contributed by atoms with van der Waals surface area (Å²) in [6.45, 7) is 2.65. The van der Waals surface area contributed by atoms with E-state index in [-0.39, 0.29) is 24.4 Å². The van der Waals surface area contributed by atoms with Crippen LogP contribution in [0, 0.1) is 11.7 Å². The molecule has 1 fully saturated rings. The monoisotopic (exact) mass is 294 g/mol. The van der Waals surface area contributed by atoms with Gasteiger partial charge in [-0.2, -0.15) is 0 Å². The van der Waals surface area contributed by atoms with Gasteiger partial charge >= 0.3 is 0 Å². The second-order valence-electron chi connectivity index (χ2n) is 5.66. The molecule has 0 spiro atoms. The van der Waals surface area contributed by atoms with Crippen molar-refractivity contribution in [2.75, 3.05) is 13.2 Å². The number of benzene rings is 1. The molecular formula is C16H23FN2O2. The number of carbonyl (C=O) groups is 1. The lowest BCUT2D eigenvalue weighted by Gasteiger charge is -2.14. The zero-order chi connectivity index (χ0) is 15.2. The highest BCUT2D eigenvalue weighted by Gasteiger charge is 2.21. The summed E-state index contributed by atoms with van der Waals surface area (Å²) in [6, 6.07) is 4.27. The first-order valence-corrected chi connectivity index (χ1v) is 7.52. The Morgan fingerprint density at radius 1 is 1.52 bits per heavy atom. The molecule has 1 aromatic rings. The molecule has 0 heterocycles. The highest BCUT2D eigenvalue weighted by molar-refractivity contribution is 5.77. The minimum absolute atomic E-state index is 0.0437. The van der Waals surface area contributed by atoms with E-state index in [0.29, 0.717) is 23.7 Å². The van der Waals surface area contributed by atoms with Gasteiger partial charge in [0.2, 0.25) is 0 Å². The summed E-state index contributed by atoms with van der Waals surface area (Å²) >= 11 is 0. The second-order valence-corrected chi connectivity index (χ2v) is 5.66. The summed E-state index contributed by atoms with van der Waals surface area (Å²) in [4.78, 5) is 11.7. The van der Waals surface area contributed by atoms with Crippen LogP contribution in [0.1, 0.15) is 31.7 Å². The van der Waals surface area contributed by atoms with Crippen LogP contribution < -0.4 is 15.8 Å². The highest BCUT2D eigenvalue weighted by Crippen LogP contribution is 2.27. The van der Waals surface area contributed by atoms with Crippen LogP contribution >= 0.6 is 0 Å². The third-order valence-electron chi connectivity index (χ3n) is 3.67. The smallest absolute Gasteiger partial charge is 0.257 e. The van der Waals surface area contributed by atoms with E-state index in [0.717, 1.165) is 13.0 Å². The van der Waals surface area contributed by atoms with Gasteiger partial charge in [0.15, 0.2) is 6.61 Å². The molecule has 0 aromatic heterocycles. The zero-order valence-corrected chi connectivity index (χ0v) is 12.4. The summed E-state index contributed by atoms with van der Waals surface area (Å²) < 4.78 is 18.9. The Hall–Kier alpha value is -1.62. The number of carbonyl (C=O) groups excluding carboxylic acids is 1. The van der Waals surface area contributed by atoms with Crippen molar-refractivity contribution in [3.63, 3.8) is 0 Å². The Bertz CT molecular complexity index is 489. The van der Waals surface area contributed by atoms with Gasteiger partial charge in [-0.3, -0.25) is 4.79 Å². The molecule has 4 nitrogen and oxygen atoms in total. The molecule has 1 amide bonds. The quantitative estimate of drug-likeness (QED) is 0.771. The van der Waals surface area contributed by atoms with Crippen LogP contribution in [-0.4, -0.2) is 25.1 Å². The van der Waals surface area contributed by atoms with Gasteiger partial charge in [0.25, 0.3) is 5.91 Å². The zero-order valence-electron chi connectivity index (χ0n) is 12.4. The molecule has 1 aliphatic rings. The molecule has 0 bridgehead atoms. The Morgan fingerprint density at radius 3 is 2.95 bits per heavy atom. The highest BCUT2D eigenvalue weighted by atomic mass is 19.1. The molecule has 2 rings (SSSR count). The maximum atomic E-state index is 13.3. The predicted molar refractivity (Wildman–Crippen MR) is 79.6 cm³/mol. The van der Waals surface area contributed by atoms with Gasteiger partial charge in [-0.15, -0.1) is 0 Å². The topological polar surface area (TPSA) is 64.3 Å². The lowest BCUT2D eigenvalue weighted by atomic mass is 10.0. The minimum atomic E-state index is -0.321. The lowest BCUT2D eigenvalue weighted by Crippen LogP contribution is -2.30. The molecule has 1 aliphatic carbocycles. The van der Waals surface area contributed by atoms with Gasteiger partial charge in [-0.1, -0.05) is 6.92 Å². The summed E-state index contributed by atoms with van der Waals surface area (Å²) in [7, 11) is 0. The van der Waals surface area contributed by atoms with Gasteiger partial charge in [0, 0.05) is 12.6 Å². The van der Waals surface area contributed by atoms with Crippen molar-refractivity contribution in [3.8, 4) is 5.75 Å². The van der Waals surface area contributed by atoms with Crippen LogP contribution in [0.5, 0.6) is 5.75 Å². The van der Waals surface area contributed by atoms with Gasteiger partial charge in [0.1, 0.15) is 11.6 Å². The number of halogens is 1. The predicted octanol–water partition coefficient (Wildman–Crippen LogP) is 2.01.